The number of carbonyl (C=O) groups is 3. The average molecular weight is 281 g/mol. The van der Waals surface area contributed by atoms with Crippen LogP contribution in [0.4, 0.5) is 8.78 Å². The van der Waals surface area contributed by atoms with Crippen molar-refractivity contribution in [1.29, 1.82) is 0 Å². The highest BCUT2D eigenvalue weighted by Crippen LogP contribution is 2.25. The Kier molecular flexibility index (Phi) is 3.65. The number of rotatable bonds is 3. The number of benzene rings is 1. The number of ketones is 1. The van der Waals surface area contributed by atoms with Crippen LogP contribution >= 0.6 is 0 Å². The molecule has 0 spiro atoms. The zero-order valence-electron chi connectivity index (χ0n) is 11.0. The highest BCUT2D eigenvalue weighted by Gasteiger charge is 2.43. The highest BCUT2D eigenvalue weighted by atomic mass is 19.1. The van der Waals surface area contributed by atoms with Gasteiger partial charge in [-0.1, -0.05) is 19.9 Å². The third-order valence-electron chi connectivity index (χ3n) is 3.60. The van der Waals surface area contributed by atoms with E-state index < -0.39 is 53.2 Å². The Morgan fingerprint density at radius 3 is 2.00 bits per heavy atom. The minimum absolute atomic E-state index is 0.493. The highest BCUT2D eigenvalue weighted by molar-refractivity contribution is 6.09. The molecule has 2 rings (SSSR count). The largest absolute Gasteiger partial charge is 0.292 e. The Morgan fingerprint density at radius 2 is 1.55 bits per heavy atom. The van der Waals surface area contributed by atoms with E-state index in [1.165, 1.54) is 0 Å². The first-order valence-electron chi connectivity index (χ1n) is 6.17. The maximum Gasteiger partial charge on any atom is 0.233 e. The topological polar surface area (TPSA) is 54.5 Å². The van der Waals surface area contributed by atoms with Crippen LogP contribution in [0.15, 0.2) is 18.2 Å². The summed E-state index contributed by atoms with van der Waals surface area (Å²) in [6.07, 6.45) is 0. The molecule has 1 heterocycles. The second-order valence-corrected chi connectivity index (χ2v) is 4.86. The van der Waals surface area contributed by atoms with Gasteiger partial charge in [-0.25, -0.2) is 8.78 Å². The molecule has 20 heavy (non-hydrogen) atoms. The van der Waals surface area contributed by atoms with Crippen molar-refractivity contribution in [3.8, 4) is 0 Å². The van der Waals surface area contributed by atoms with Crippen LogP contribution < -0.4 is 0 Å². The molecule has 0 N–H and O–H groups in total. The molecule has 6 heteroatoms. The maximum absolute atomic E-state index is 13.5. The summed E-state index contributed by atoms with van der Waals surface area (Å²) in [6.45, 7) is 2.53. The third-order valence-corrected chi connectivity index (χ3v) is 3.60. The second kappa shape index (κ2) is 5.11. The molecule has 0 aromatic heterocycles. The van der Waals surface area contributed by atoms with E-state index in [1.807, 2.05) is 0 Å². The van der Waals surface area contributed by atoms with Gasteiger partial charge in [0.05, 0.1) is 12.1 Å². The quantitative estimate of drug-likeness (QED) is 0.627. The molecule has 1 aromatic carbocycles. The van der Waals surface area contributed by atoms with Crippen molar-refractivity contribution in [3.63, 3.8) is 0 Å². The summed E-state index contributed by atoms with van der Waals surface area (Å²) in [6, 6.07) is 3.04. The van der Waals surface area contributed by atoms with Crippen molar-refractivity contribution in [2.45, 2.75) is 13.8 Å². The number of Topliss-reactive ketones (excluding diaryl/α,β-unsaturated/α-hetero) is 1. The van der Waals surface area contributed by atoms with Crippen LogP contribution in [-0.2, 0) is 9.59 Å². The van der Waals surface area contributed by atoms with Gasteiger partial charge in [0.2, 0.25) is 11.8 Å². The van der Waals surface area contributed by atoms with Gasteiger partial charge >= 0.3 is 0 Å². The lowest BCUT2D eigenvalue weighted by molar-refractivity contribution is -0.139. The first kappa shape index (κ1) is 14.3. The van der Waals surface area contributed by atoms with Crippen LogP contribution in [0.25, 0.3) is 0 Å². The molecule has 1 aliphatic heterocycles. The standard InChI is InChI=1S/C14H13F2NO3/c1-7-8(2)14(20)17(13(7)19)6-11(18)12-9(15)4-3-5-10(12)16/h3-5,7-8H,6H2,1-2H3. The molecular formula is C14H13F2NO3. The van der Waals surface area contributed by atoms with E-state index >= 15 is 0 Å². The van der Waals surface area contributed by atoms with Crippen LogP contribution in [0.3, 0.4) is 0 Å². The lowest BCUT2D eigenvalue weighted by Crippen LogP contribution is -2.36. The molecule has 0 aliphatic carbocycles. The van der Waals surface area contributed by atoms with E-state index in [0.717, 1.165) is 23.1 Å². The van der Waals surface area contributed by atoms with Crippen molar-refractivity contribution >= 4 is 17.6 Å². The first-order valence-corrected chi connectivity index (χ1v) is 6.17. The van der Waals surface area contributed by atoms with E-state index in [2.05, 4.69) is 0 Å². The molecule has 0 saturated carbocycles. The molecule has 0 radical (unpaired) electrons. The van der Waals surface area contributed by atoms with Crippen LogP contribution in [0.5, 0.6) is 0 Å². The van der Waals surface area contributed by atoms with Gasteiger partial charge in [0.25, 0.3) is 0 Å². The van der Waals surface area contributed by atoms with Gasteiger partial charge < -0.3 is 0 Å². The smallest absolute Gasteiger partial charge is 0.233 e. The molecule has 1 saturated heterocycles. The summed E-state index contributed by atoms with van der Waals surface area (Å²) < 4.78 is 26.9. The third kappa shape index (κ3) is 2.21. The molecule has 2 atom stereocenters. The number of amides is 2. The molecule has 2 unspecified atom stereocenters. The molecule has 1 fully saturated rings. The summed E-state index contributed by atoms with van der Waals surface area (Å²) in [5.41, 5.74) is -0.722. The Bertz CT molecular complexity index is 560. The van der Waals surface area contributed by atoms with Crippen molar-refractivity contribution < 1.29 is 23.2 Å². The summed E-state index contributed by atoms with van der Waals surface area (Å²) in [7, 11) is 0. The van der Waals surface area contributed by atoms with Crippen molar-refractivity contribution in [1.82, 2.24) is 4.90 Å². The number of hydrogen-bond acceptors (Lipinski definition) is 3. The van der Waals surface area contributed by atoms with Gasteiger partial charge in [0, 0.05) is 11.8 Å². The Morgan fingerprint density at radius 1 is 1.10 bits per heavy atom. The minimum Gasteiger partial charge on any atom is -0.292 e. The number of halogens is 2. The summed E-state index contributed by atoms with van der Waals surface area (Å²) in [4.78, 5) is 36.3. The number of imide groups is 1. The van der Waals surface area contributed by atoms with E-state index in [4.69, 9.17) is 0 Å². The van der Waals surface area contributed by atoms with Gasteiger partial charge in [-0.15, -0.1) is 0 Å². The molecule has 1 aromatic rings. The van der Waals surface area contributed by atoms with E-state index in [0.29, 0.717) is 0 Å². The number of carbonyl (C=O) groups excluding carboxylic acids is 3. The predicted molar refractivity (Wildman–Crippen MR) is 65.7 cm³/mol. The van der Waals surface area contributed by atoms with Gasteiger partial charge in [-0.2, -0.15) is 0 Å². The van der Waals surface area contributed by atoms with Crippen molar-refractivity contribution in [2.24, 2.45) is 11.8 Å². The number of likely N-dealkylation sites (tertiary alicyclic amines) is 1. The number of hydrogen-bond donors (Lipinski definition) is 0. The van der Waals surface area contributed by atoms with Crippen molar-refractivity contribution in [2.75, 3.05) is 6.54 Å². The average Bonchev–Trinajstić information content (AvgIpc) is 2.56. The normalized spacial score (nSPS) is 22.5. The van der Waals surface area contributed by atoms with Gasteiger partial charge in [-0.3, -0.25) is 19.3 Å². The Balaban J connectivity index is 2.25. The fourth-order valence-corrected chi connectivity index (χ4v) is 2.17. The van der Waals surface area contributed by atoms with E-state index in [-0.39, 0.29) is 0 Å². The molecule has 1 aliphatic rings. The lowest BCUT2D eigenvalue weighted by atomic mass is 10.00. The minimum atomic E-state index is -1.00. The maximum atomic E-state index is 13.5. The summed E-state index contributed by atoms with van der Waals surface area (Å²) in [5, 5.41) is 0. The zero-order chi connectivity index (χ0) is 15.0. The van der Waals surface area contributed by atoms with E-state index in [1.54, 1.807) is 13.8 Å². The van der Waals surface area contributed by atoms with Crippen LogP contribution in [0, 0.1) is 23.5 Å². The van der Waals surface area contributed by atoms with Gasteiger partial charge in [0.15, 0.2) is 5.78 Å². The summed E-state index contributed by atoms with van der Waals surface area (Å²) >= 11 is 0. The number of nitrogens with zero attached hydrogens (tertiary/aromatic N) is 1. The van der Waals surface area contributed by atoms with Crippen LogP contribution in [-0.4, -0.2) is 29.0 Å². The predicted octanol–water partition coefficient (Wildman–Crippen LogP) is 1.79. The van der Waals surface area contributed by atoms with Gasteiger partial charge in [0.1, 0.15) is 11.6 Å². The monoisotopic (exact) mass is 281 g/mol. The summed E-state index contributed by atoms with van der Waals surface area (Å²) in [5.74, 6) is -4.98. The van der Waals surface area contributed by atoms with E-state index in [9.17, 15) is 23.2 Å². The van der Waals surface area contributed by atoms with Crippen LogP contribution in [0.1, 0.15) is 24.2 Å². The zero-order valence-corrected chi connectivity index (χ0v) is 11.0. The molecular weight excluding hydrogens is 268 g/mol. The van der Waals surface area contributed by atoms with Crippen molar-refractivity contribution in [3.05, 3.63) is 35.4 Å². The molecule has 106 valence electrons. The Hall–Kier alpha value is -2.11. The fraction of sp³-hybridized carbons (Fsp3) is 0.357. The van der Waals surface area contributed by atoms with Crippen LogP contribution in [0.2, 0.25) is 0 Å². The lowest BCUT2D eigenvalue weighted by Gasteiger charge is -2.14. The SMILES string of the molecule is CC1C(=O)N(CC(=O)c2c(F)cccc2F)C(=O)C1C. The molecule has 2 amide bonds. The first-order chi connectivity index (χ1) is 9.34. The van der Waals surface area contributed by atoms with Gasteiger partial charge in [-0.05, 0) is 12.1 Å². The Labute approximate surface area is 114 Å². The molecule has 0 bridgehead atoms. The fourth-order valence-electron chi connectivity index (χ4n) is 2.17. The second-order valence-electron chi connectivity index (χ2n) is 4.86. The molecule has 4 nitrogen and oxygen atoms in total.